The van der Waals surface area contributed by atoms with Crippen LogP contribution in [0.2, 0.25) is 0 Å². The molecule has 2 rings (SSSR count). The minimum atomic E-state index is 0.0731. The minimum Gasteiger partial charge on any atom is -0.384 e. The second kappa shape index (κ2) is 5.85. The summed E-state index contributed by atoms with van der Waals surface area (Å²) in [7, 11) is 2.09. The Morgan fingerprint density at radius 3 is 2.67 bits per heavy atom. The fraction of sp³-hybridized carbons (Fsp3) is 0.571. The largest absolute Gasteiger partial charge is 0.384 e. The number of nitrogens with two attached hydrogens (primary N) is 1. The molecule has 1 fully saturated rings. The molecule has 4 heteroatoms. The first-order valence-corrected chi connectivity index (χ1v) is 6.68. The highest BCUT2D eigenvalue weighted by molar-refractivity contribution is 5.94. The lowest BCUT2D eigenvalue weighted by Gasteiger charge is -2.27. The molecule has 1 aliphatic rings. The van der Waals surface area contributed by atoms with Crippen molar-refractivity contribution in [1.82, 2.24) is 4.98 Å². The highest BCUT2D eigenvalue weighted by Gasteiger charge is 2.16. The van der Waals surface area contributed by atoms with Gasteiger partial charge in [0.2, 0.25) is 0 Å². The Bertz CT molecular complexity index is 393. The van der Waals surface area contributed by atoms with Crippen LogP contribution in [0.5, 0.6) is 0 Å². The molecule has 0 saturated heterocycles. The molecule has 0 amide bonds. The summed E-state index contributed by atoms with van der Waals surface area (Å²) in [6, 6.07) is 3.81. The first-order chi connectivity index (χ1) is 8.66. The van der Waals surface area contributed by atoms with Gasteiger partial charge in [-0.15, -0.1) is 0 Å². The Balaban J connectivity index is 1.95. The lowest BCUT2D eigenvalue weighted by Crippen LogP contribution is -2.27. The molecule has 4 nitrogen and oxygen atoms in total. The number of aromatic nitrogens is 1. The van der Waals surface area contributed by atoms with Gasteiger partial charge in [0.25, 0.3) is 0 Å². The van der Waals surface area contributed by atoms with Crippen molar-refractivity contribution >= 4 is 11.7 Å². The van der Waals surface area contributed by atoms with Crippen LogP contribution in [0.15, 0.2) is 18.3 Å². The molecule has 0 spiro atoms. The zero-order valence-electron chi connectivity index (χ0n) is 11.0. The molecule has 0 radical (unpaired) electrons. The number of rotatable bonds is 4. The maximum absolute atomic E-state index is 7.34. The fourth-order valence-corrected chi connectivity index (χ4v) is 2.62. The Labute approximate surface area is 109 Å². The van der Waals surface area contributed by atoms with E-state index in [0.29, 0.717) is 5.56 Å². The number of nitrogen functional groups attached to an aromatic ring is 1. The lowest BCUT2D eigenvalue weighted by molar-refractivity contribution is 0.361. The molecule has 1 heterocycles. The van der Waals surface area contributed by atoms with E-state index < -0.39 is 0 Å². The lowest BCUT2D eigenvalue weighted by atomic mass is 9.89. The van der Waals surface area contributed by atoms with Crippen LogP contribution >= 0.6 is 0 Å². The normalized spacial score (nSPS) is 16.5. The van der Waals surface area contributed by atoms with Gasteiger partial charge in [0.05, 0.1) is 0 Å². The third-order valence-corrected chi connectivity index (χ3v) is 3.71. The van der Waals surface area contributed by atoms with Gasteiger partial charge in [-0.1, -0.05) is 19.3 Å². The van der Waals surface area contributed by atoms with E-state index in [0.717, 1.165) is 18.3 Å². The van der Waals surface area contributed by atoms with Crippen molar-refractivity contribution < 1.29 is 0 Å². The molecule has 1 aliphatic carbocycles. The van der Waals surface area contributed by atoms with Crippen LogP contribution in [0.1, 0.15) is 37.7 Å². The van der Waals surface area contributed by atoms with Crippen molar-refractivity contribution in [1.29, 1.82) is 5.41 Å². The summed E-state index contributed by atoms with van der Waals surface area (Å²) in [5, 5.41) is 7.34. The molecule has 1 saturated carbocycles. The summed E-state index contributed by atoms with van der Waals surface area (Å²) in [5.41, 5.74) is 6.10. The first-order valence-electron chi connectivity index (χ1n) is 6.68. The number of nitrogens with zero attached hydrogens (tertiary/aromatic N) is 2. The van der Waals surface area contributed by atoms with Crippen molar-refractivity contribution in [2.75, 3.05) is 18.5 Å². The van der Waals surface area contributed by atoms with Gasteiger partial charge >= 0.3 is 0 Å². The Morgan fingerprint density at radius 2 is 2.11 bits per heavy atom. The number of hydrogen-bond acceptors (Lipinski definition) is 3. The molecule has 1 aromatic rings. The van der Waals surface area contributed by atoms with Crippen molar-refractivity contribution in [3.63, 3.8) is 0 Å². The molecule has 0 unspecified atom stereocenters. The van der Waals surface area contributed by atoms with E-state index in [1.54, 1.807) is 6.20 Å². The average molecular weight is 246 g/mol. The predicted octanol–water partition coefficient (Wildman–Crippen LogP) is 2.38. The molecule has 98 valence electrons. The van der Waals surface area contributed by atoms with E-state index in [1.165, 1.54) is 32.1 Å². The number of anilines is 1. The van der Waals surface area contributed by atoms with Gasteiger partial charge in [0.1, 0.15) is 11.7 Å². The SMILES string of the molecule is CN(CC1CCCCC1)c1ccc(C(=N)N)cn1. The molecule has 3 N–H and O–H groups in total. The van der Waals surface area contributed by atoms with Crippen LogP contribution in [0.25, 0.3) is 0 Å². The van der Waals surface area contributed by atoms with Crippen molar-refractivity contribution in [3.05, 3.63) is 23.9 Å². The number of pyridine rings is 1. The smallest absolute Gasteiger partial charge is 0.128 e. The zero-order valence-corrected chi connectivity index (χ0v) is 11.0. The van der Waals surface area contributed by atoms with Crippen molar-refractivity contribution in [2.24, 2.45) is 11.7 Å². The van der Waals surface area contributed by atoms with Gasteiger partial charge in [-0.3, -0.25) is 5.41 Å². The van der Waals surface area contributed by atoms with Gasteiger partial charge in [-0.2, -0.15) is 0 Å². The van der Waals surface area contributed by atoms with Gasteiger partial charge in [-0.25, -0.2) is 4.98 Å². The highest BCUT2D eigenvalue weighted by Crippen LogP contribution is 2.25. The van der Waals surface area contributed by atoms with Crippen LogP contribution in [-0.2, 0) is 0 Å². The van der Waals surface area contributed by atoms with Crippen LogP contribution in [0.3, 0.4) is 0 Å². The summed E-state index contributed by atoms with van der Waals surface area (Å²) in [5.74, 6) is 1.84. The Hall–Kier alpha value is -1.58. The van der Waals surface area contributed by atoms with E-state index in [-0.39, 0.29) is 5.84 Å². The van der Waals surface area contributed by atoms with Crippen LogP contribution in [0.4, 0.5) is 5.82 Å². The monoisotopic (exact) mass is 246 g/mol. The minimum absolute atomic E-state index is 0.0731. The van der Waals surface area contributed by atoms with Gasteiger partial charge in [-0.05, 0) is 30.9 Å². The second-order valence-corrected chi connectivity index (χ2v) is 5.20. The molecule has 0 atom stereocenters. The topological polar surface area (TPSA) is 66.0 Å². The van der Waals surface area contributed by atoms with E-state index in [2.05, 4.69) is 16.9 Å². The third kappa shape index (κ3) is 3.22. The number of amidine groups is 1. The van der Waals surface area contributed by atoms with E-state index in [4.69, 9.17) is 11.1 Å². The van der Waals surface area contributed by atoms with E-state index >= 15 is 0 Å². The van der Waals surface area contributed by atoms with Crippen LogP contribution in [-0.4, -0.2) is 24.4 Å². The molecule has 18 heavy (non-hydrogen) atoms. The van der Waals surface area contributed by atoms with Crippen molar-refractivity contribution in [2.45, 2.75) is 32.1 Å². The molecule has 0 aliphatic heterocycles. The van der Waals surface area contributed by atoms with E-state index in [9.17, 15) is 0 Å². The molecular formula is C14H22N4. The summed E-state index contributed by atoms with van der Waals surface area (Å²) in [6.07, 6.45) is 8.50. The number of nitrogens with one attached hydrogen (secondary N) is 1. The first kappa shape index (κ1) is 12.9. The summed E-state index contributed by atoms with van der Waals surface area (Å²) >= 11 is 0. The van der Waals surface area contributed by atoms with E-state index in [1.807, 2.05) is 12.1 Å². The molecule has 0 bridgehead atoms. The zero-order chi connectivity index (χ0) is 13.0. The molecule has 0 aromatic carbocycles. The quantitative estimate of drug-likeness (QED) is 0.633. The third-order valence-electron chi connectivity index (χ3n) is 3.71. The summed E-state index contributed by atoms with van der Waals surface area (Å²) in [6.45, 7) is 1.08. The standard InChI is InChI=1S/C14H22N4/c1-18(10-11-5-3-2-4-6-11)13-8-7-12(9-17-13)14(15)16/h7-9,11H,2-6,10H2,1H3,(H3,15,16). The highest BCUT2D eigenvalue weighted by atomic mass is 15.2. The van der Waals surface area contributed by atoms with Gasteiger partial charge in [0, 0.05) is 25.4 Å². The Morgan fingerprint density at radius 1 is 1.39 bits per heavy atom. The van der Waals surface area contributed by atoms with Gasteiger partial charge in [0.15, 0.2) is 0 Å². The van der Waals surface area contributed by atoms with Gasteiger partial charge < -0.3 is 10.6 Å². The van der Waals surface area contributed by atoms with Crippen LogP contribution in [0, 0.1) is 11.3 Å². The predicted molar refractivity (Wildman–Crippen MR) is 75.1 cm³/mol. The molecular weight excluding hydrogens is 224 g/mol. The maximum Gasteiger partial charge on any atom is 0.128 e. The van der Waals surface area contributed by atoms with Crippen molar-refractivity contribution in [3.8, 4) is 0 Å². The van der Waals surface area contributed by atoms with Crippen LogP contribution < -0.4 is 10.6 Å². The summed E-state index contributed by atoms with van der Waals surface area (Å²) < 4.78 is 0. The summed E-state index contributed by atoms with van der Waals surface area (Å²) in [4.78, 5) is 6.58. The molecule has 1 aromatic heterocycles. The second-order valence-electron chi connectivity index (χ2n) is 5.20. The maximum atomic E-state index is 7.34. The Kier molecular flexibility index (Phi) is 4.18. The number of hydrogen-bond donors (Lipinski definition) is 2. The average Bonchev–Trinajstić information content (AvgIpc) is 2.40. The fourth-order valence-electron chi connectivity index (χ4n) is 2.62.